The summed E-state index contributed by atoms with van der Waals surface area (Å²) in [5.74, 6) is 0.488. The molecule has 2 heterocycles. The first-order valence-corrected chi connectivity index (χ1v) is 6.37. The van der Waals surface area contributed by atoms with Crippen molar-refractivity contribution in [3.8, 4) is 0 Å². The summed E-state index contributed by atoms with van der Waals surface area (Å²) >= 11 is 0. The van der Waals surface area contributed by atoms with Crippen molar-refractivity contribution in [3.63, 3.8) is 0 Å². The van der Waals surface area contributed by atoms with Crippen molar-refractivity contribution in [1.82, 2.24) is 0 Å². The number of nitrogens with two attached hydrogens (primary N) is 1. The predicted molar refractivity (Wildman–Crippen MR) is 73.2 cm³/mol. The van der Waals surface area contributed by atoms with Gasteiger partial charge in [0.05, 0.1) is 18.0 Å². The average Bonchev–Trinajstić information content (AvgIpc) is 2.85. The van der Waals surface area contributed by atoms with Crippen molar-refractivity contribution in [2.75, 3.05) is 18.0 Å². The van der Waals surface area contributed by atoms with E-state index >= 15 is 0 Å². The van der Waals surface area contributed by atoms with Gasteiger partial charge in [0.2, 0.25) is 0 Å². The van der Waals surface area contributed by atoms with E-state index < -0.39 is 0 Å². The van der Waals surface area contributed by atoms with E-state index in [0.29, 0.717) is 23.3 Å². The number of hydrogen-bond acceptors (Lipinski definition) is 5. The van der Waals surface area contributed by atoms with Gasteiger partial charge in [-0.2, -0.15) is 0 Å². The zero-order valence-electron chi connectivity index (χ0n) is 10.5. The lowest BCUT2D eigenvalue weighted by Gasteiger charge is -2.18. The Morgan fingerprint density at radius 1 is 1.42 bits per heavy atom. The van der Waals surface area contributed by atoms with Gasteiger partial charge in [0, 0.05) is 24.8 Å². The van der Waals surface area contributed by atoms with E-state index in [9.17, 15) is 9.90 Å². The standard InChI is InChI=1S/C14H16N2O3/c15-7-11-6-13(18)12-5-9(1-2-14(12)19-11)16-4-3-10(17)8-16/h1-2,5-6,10,17H,3-4,7-8,15H2/t10-/m0/s1. The van der Waals surface area contributed by atoms with Crippen molar-refractivity contribution < 1.29 is 9.52 Å². The van der Waals surface area contributed by atoms with Crippen LogP contribution in [0.5, 0.6) is 0 Å². The molecule has 1 aromatic heterocycles. The van der Waals surface area contributed by atoms with Crippen LogP contribution < -0.4 is 16.1 Å². The van der Waals surface area contributed by atoms with Gasteiger partial charge in [0.25, 0.3) is 0 Å². The molecule has 0 unspecified atom stereocenters. The van der Waals surface area contributed by atoms with Gasteiger partial charge >= 0.3 is 0 Å². The molecule has 5 nitrogen and oxygen atoms in total. The van der Waals surface area contributed by atoms with Crippen LogP contribution in [0.4, 0.5) is 5.69 Å². The Kier molecular flexibility index (Phi) is 3.00. The van der Waals surface area contributed by atoms with E-state index in [0.717, 1.165) is 18.7 Å². The van der Waals surface area contributed by atoms with Crippen LogP contribution >= 0.6 is 0 Å². The molecule has 1 atom stereocenters. The molecule has 0 bridgehead atoms. The number of fused-ring (bicyclic) bond motifs is 1. The van der Waals surface area contributed by atoms with Crippen LogP contribution in [-0.2, 0) is 6.54 Å². The minimum atomic E-state index is -0.285. The average molecular weight is 260 g/mol. The van der Waals surface area contributed by atoms with Crippen molar-refractivity contribution in [3.05, 3.63) is 40.2 Å². The topological polar surface area (TPSA) is 79.7 Å². The highest BCUT2D eigenvalue weighted by Crippen LogP contribution is 2.24. The minimum Gasteiger partial charge on any atom is -0.459 e. The van der Waals surface area contributed by atoms with Crippen molar-refractivity contribution in [1.29, 1.82) is 0 Å². The largest absolute Gasteiger partial charge is 0.459 e. The molecular formula is C14H16N2O3. The third-order valence-electron chi connectivity index (χ3n) is 3.49. The van der Waals surface area contributed by atoms with E-state index in [2.05, 4.69) is 4.90 Å². The molecule has 100 valence electrons. The SMILES string of the molecule is NCc1cc(=O)c2cc(N3CC[C@H](O)C3)ccc2o1. The lowest BCUT2D eigenvalue weighted by molar-refractivity contribution is 0.198. The molecule has 1 fully saturated rings. The lowest BCUT2D eigenvalue weighted by atomic mass is 10.2. The summed E-state index contributed by atoms with van der Waals surface area (Å²) in [4.78, 5) is 14.1. The van der Waals surface area contributed by atoms with Gasteiger partial charge in [-0.05, 0) is 24.6 Å². The molecule has 1 aliphatic heterocycles. The van der Waals surface area contributed by atoms with Gasteiger partial charge in [-0.1, -0.05) is 0 Å². The first kappa shape index (κ1) is 12.2. The van der Waals surface area contributed by atoms with Gasteiger partial charge in [-0.25, -0.2) is 0 Å². The molecule has 3 N–H and O–H groups in total. The van der Waals surface area contributed by atoms with Gasteiger partial charge in [-0.15, -0.1) is 0 Å². The molecule has 3 rings (SSSR count). The fourth-order valence-electron chi connectivity index (χ4n) is 2.47. The second kappa shape index (κ2) is 4.68. The van der Waals surface area contributed by atoms with Crippen LogP contribution in [0.3, 0.4) is 0 Å². The number of benzene rings is 1. The maximum atomic E-state index is 12.0. The summed E-state index contributed by atoms with van der Waals surface area (Å²) in [6.07, 6.45) is 0.477. The number of β-amino-alcohol motifs (C(OH)–C–C–N with tert-alkyl or cyclic N) is 1. The van der Waals surface area contributed by atoms with Gasteiger partial charge in [-0.3, -0.25) is 4.79 Å². The van der Waals surface area contributed by atoms with Crippen molar-refractivity contribution in [2.24, 2.45) is 5.73 Å². The van der Waals surface area contributed by atoms with E-state index in [1.807, 2.05) is 12.1 Å². The summed E-state index contributed by atoms with van der Waals surface area (Å²) in [7, 11) is 0. The van der Waals surface area contributed by atoms with Gasteiger partial charge < -0.3 is 20.2 Å². The smallest absolute Gasteiger partial charge is 0.193 e. The fourth-order valence-corrected chi connectivity index (χ4v) is 2.47. The molecule has 2 aromatic rings. The quantitative estimate of drug-likeness (QED) is 0.835. The van der Waals surface area contributed by atoms with Crippen LogP contribution in [0.25, 0.3) is 11.0 Å². The van der Waals surface area contributed by atoms with Gasteiger partial charge in [0.1, 0.15) is 11.3 Å². The molecule has 1 aromatic carbocycles. The molecule has 1 aliphatic rings. The monoisotopic (exact) mass is 260 g/mol. The minimum absolute atomic E-state index is 0.0803. The Bertz CT molecular complexity index is 665. The lowest BCUT2D eigenvalue weighted by Crippen LogP contribution is -2.21. The molecule has 0 spiro atoms. The molecule has 0 amide bonds. The molecule has 1 saturated heterocycles. The molecule has 19 heavy (non-hydrogen) atoms. The van der Waals surface area contributed by atoms with Crippen LogP contribution in [0.15, 0.2) is 33.5 Å². The number of aliphatic hydroxyl groups excluding tert-OH is 1. The highest BCUT2D eigenvalue weighted by atomic mass is 16.3. The van der Waals surface area contributed by atoms with E-state index in [1.54, 1.807) is 6.07 Å². The highest BCUT2D eigenvalue weighted by Gasteiger charge is 2.20. The Morgan fingerprint density at radius 3 is 2.95 bits per heavy atom. The van der Waals surface area contributed by atoms with Crippen LogP contribution in [-0.4, -0.2) is 24.3 Å². The Hall–Kier alpha value is -1.85. The molecule has 0 radical (unpaired) electrons. The number of aliphatic hydroxyl groups is 1. The van der Waals surface area contributed by atoms with Crippen molar-refractivity contribution >= 4 is 16.7 Å². The molecule has 5 heteroatoms. The highest BCUT2D eigenvalue weighted by molar-refractivity contribution is 5.81. The van der Waals surface area contributed by atoms with E-state index in [4.69, 9.17) is 10.2 Å². The predicted octanol–water partition coefficient (Wildman–Crippen LogP) is 0.823. The molecule has 0 saturated carbocycles. The van der Waals surface area contributed by atoms with Gasteiger partial charge in [0.15, 0.2) is 5.43 Å². The van der Waals surface area contributed by atoms with Crippen LogP contribution in [0.1, 0.15) is 12.2 Å². The number of rotatable bonds is 2. The first-order valence-electron chi connectivity index (χ1n) is 6.37. The summed E-state index contributed by atoms with van der Waals surface area (Å²) in [5, 5.41) is 10.1. The molecular weight excluding hydrogens is 244 g/mol. The summed E-state index contributed by atoms with van der Waals surface area (Å²) in [6, 6.07) is 6.95. The third kappa shape index (κ3) is 2.22. The number of anilines is 1. The van der Waals surface area contributed by atoms with E-state index in [1.165, 1.54) is 6.07 Å². The first-order chi connectivity index (χ1) is 9.17. The number of hydrogen-bond donors (Lipinski definition) is 2. The zero-order chi connectivity index (χ0) is 13.4. The second-order valence-electron chi connectivity index (χ2n) is 4.85. The zero-order valence-corrected chi connectivity index (χ0v) is 10.5. The maximum absolute atomic E-state index is 12.0. The Morgan fingerprint density at radius 2 is 2.26 bits per heavy atom. The number of nitrogens with zero attached hydrogens (tertiary/aromatic N) is 1. The summed E-state index contributed by atoms with van der Waals surface area (Å²) in [5.41, 5.74) is 6.90. The summed E-state index contributed by atoms with van der Waals surface area (Å²) < 4.78 is 5.54. The van der Waals surface area contributed by atoms with Crippen molar-refractivity contribution in [2.45, 2.75) is 19.1 Å². The van der Waals surface area contributed by atoms with Crippen LogP contribution in [0, 0.1) is 0 Å². The maximum Gasteiger partial charge on any atom is 0.193 e. The Balaban J connectivity index is 2.06. The second-order valence-corrected chi connectivity index (χ2v) is 4.85. The normalized spacial score (nSPS) is 19.3. The molecule has 0 aliphatic carbocycles. The van der Waals surface area contributed by atoms with Crippen LogP contribution in [0.2, 0.25) is 0 Å². The summed E-state index contributed by atoms with van der Waals surface area (Å²) in [6.45, 7) is 1.63. The third-order valence-corrected chi connectivity index (χ3v) is 3.49. The Labute approximate surface area is 110 Å². The fraction of sp³-hybridized carbons (Fsp3) is 0.357. The van der Waals surface area contributed by atoms with E-state index in [-0.39, 0.29) is 18.1 Å².